The van der Waals surface area contributed by atoms with E-state index in [1.54, 1.807) is 24.3 Å². The number of anilines is 1. The Balaban J connectivity index is 1.37. The van der Waals surface area contributed by atoms with E-state index in [9.17, 15) is 14.7 Å². The number of aromatic nitrogens is 2. The SMILES string of the molecule is Cc1ccc(C(=O)Nc2ccc(-c3cc(C4CCCC4)n(C(=O)NCc4ccccc4)n3)c(O)c2)cc1. The highest BCUT2D eigenvalue weighted by molar-refractivity contribution is 6.04. The van der Waals surface area contributed by atoms with Gasteiger partial charge in [-0.3, -0.25) is 4.79 Å². The zero-order valence-corrected chi connectivity index (χ0v) is 20.8. The van der Waals surface area contributed by atoms with Gasteiger partial charge >= 0.3 is 6.03 Å². The first-order chi connectivity index (χ1) is 18.0. The molecule has 3 N–H and O–H groups in total. The molecule has 1 heterocycles. The molecule has 5 rings (SSSR count). The molecule has 7 heteroatoms. The van der Waals surface area contributed by atoms with Crippen molar-refractivity contribution < 1.29 is 14.7 Å². The van der Waals surface area contributed by atoms with Crippen LogP contribution in [0.1, 0.15) is 58.8 Å². The Hall–Kier alpha value is -4.39. The third-order valence-corrected chi connectivity index (χ3v) is 6.83. The zero-order chi connectivity index (χ0) is 25.8. The maximum absolute atomic E-state index is 13.1. The first-order valence-corrected chi connectivity index (χ1v) is 12.6. The Morgan fingerprint density at radius 2 is 1.70 bits per heavy atom. The van der Waals surface area contributed by atoms with E-state index in [1.165, 1.54) is 10.7 Å². The Labute approximate surface area is 216 Å². The van der Waals surface area contributed by atoms with Crippen LogP contribution in [-0.4, -0.2) is 26.8 Å². The smallest absolute Gasteiger partial charge is 0.342 e. The fraction of sp³-hybridized carbons (Fsp3) is 0.233. The van der Waals surface area contributed by atoms with Crippen molar-refractivity contribution in [2.24, 2.45) is 0 Å². The highest BCUT2D eigenvalue weighted by atomic mass is 16.3. The van der Waals surface area contributed by atoms with Crippen LogP contribution < -0.4 is 10.6 Å². The fourth-order valence-electron chi connectivity index (χ4n) is 4.78. The van der Waals surface area contributed by atoms with E-state index in [4.69, 9.17) is 0 Å². The van der Waals surface area contributed by atoms with Crippen molar-refractivity contribution in [1.29, 1.82) is 0 Å². The van der Waals surface area contributed by atoms with Crippen LogP contribution >= 0.6 is 0 Å². The molecule has 37 heavy (non-hydrogen) atoms. The molecule has 0 bridgehead atoms. The molecule has 0 aliphatic heterocycles. The van der Waals surface area contributed by atoms with Gasteiger partial charge in [-0.2, -0.15) is 9.78 Å². The third kappa shape index (κ3) is 5.56. The first-order valence-electron chi connectivity index (χ1n) is 12.6. The molecule has 2 amide bonds. The molecule has 0 unspecified atom stereocenters. The van der Waals surface area contributed by atoms with E-state index < -0.39 is 0 Å². The summed E-state index contributed by atoms with van der Waals surface area (Å²) in [4.78, 5) is 25.7. The van der Waals surface area contributed by atoms with Gasteiger partial charge in [0.05, 0.1) is 11.4 Å². The van der Waals surface area contributed by atoms with Crippen molar-refractivity contribution in [2.45, 2.75) is 45.1 Å². The van der Waals surface area contributed by atoms with Crippen molar-refractivity contribution in [3.63, 3.8) is 0 Å². The van der Waals surface area contributed by atoms with Crippen molar-refractivity contribution in [3.8, 4) is 17.0 Å². The van der Waals surface area contributed by atoms with Crippen LogP contribution in [0.15, 0.2) is 78.9 Å². The topological polar surface area (TPSA) is 96.3 Å². The predicted octanol–water partition coefficient (Wildman–Crippen LogP) is 6.23. The summed E-state index contributed by atoms with van der Waals surface area (Å²) < 4.78 is 1.45. The lowest BCUT2D eigenvalue weighted by atomic mass is 10.0. The average Bonchev–Trinajstić information content (AvgIpc) is 3.59. The number of benzene rings is 3. The third-order valence-electron chi connectivity index (χ3n) is 6.83. The van der Waals surface area contributed by atoms with E-state index in [2.05, 4.69) is 15.7 Å². The minimum absolute atomic E-state index is 0.0194. The van der Waals surface area contributed by atoms with Gasteiger partial charge in [0.25, 0.3) is 5.91 Å². The van der Waals surface area contributed by atoms with Gasteiger partial charge in [-0.15, -0.1) is 0 Å². The molecule has 3 aromatic carbocycles. The maximum atomic E-state index is 13.1. The van der Waals surface area contributed by atoms with Crippen LogP contribution in [0.2, 0.25) is 0 Å². The Kier molecular flexibility index (Phi) is 7.03. The van der Waals surface area contributed by atoms with Crippen LogP contribution in [0.5, 0.6) is 5.75 Å². The van der Waals surface area contributed by atoms with Gasteiger partial charge in [0.1, 0.15) is 5.75 Å². The van der Waals surface area contributed by atoms with E-state index in [-0.39, 0.29) is 23.6 Å². The van der Waals surface area contributed by atoms with Crippen molar-refractivity contribution in [1.82, 2.24) is 15.1 Å². The Bertz CT molecular complexity index is 1400. The summed E-state index contributed by atoms with van der Waals surface area (Å²) in [6.45, 7) is 2.37. The van der Waals surface area contributed by atoms with Crippen LogP contribution in [0.3, 0.4) is 0 Å². The minimum Gasteiger partial charge on any atom is -0.507 e. The zero-order valence-electron chi connectivity index (χ0n) is 20.8. The Morgan fingerprint density at radius 3 is 2.41 bits per heavy atom. The van der Waals surface area contributed by atoms with Crippen molar-refractivity contribution in [2.75, 3.05) is 5.32 Å². The maximum Gasteiger partial charge on any atom is 0.342 e. The van der Waals surface area contributed by atoms with Gasteiger partial charge in [0.15, 0.2) is 0 Å². The lowest BCUT2D eigenvalue weighted by Gasteiger charge is -2.12. The van der Waals surface area contributed by atoms with Crippen LogP contribution in [0, 0.1) is 6.92 Å². The number of amides is 2. The van der Waals surface area contributed by atoms with Gasteiger partial charge < -0.3 is 15.7 Å². The summed E-state index contributed by atoms with van der Waals surface area (Å²) in [5, 5.41) is 21.2. The molecule has 0 spiro atoms. The van der Waals surface area contributed by atoms with Gasteiger partial charge in [-0.25, -0.2) is 4.79 Å². The summed E-state index contributed by atoms with van der Waals surface area (Å²) in [6.07, 6.45) is 4.26. The van der Waals surface area contributed by atoms with E-state index in [0.717, 1.165) is 42.5 Å². The summed E-state index contributed by atoms with van der Waals surface area (Å²) in [7, 11) is 0. The minimum atomic E-state index is -0.293. The van der Waals surface area contributed by atoms with Crippen molar-refractivity contribution >= 4 is 17.6 Å². The number of aryl methyl sites for hydroxylation is 1. The van der Waals surface area contributed by atoms with Crippen LogP contribution in [0.25, 0.3) is 11.3 Å². The number of phenolic OH excluding ortho intramolecular Hbond substituents is 1. The second kappa shape index (κ2) is 10.7. The summed E-state index contributed by atoms with van der Waals surface area (Å²) in [5.41, 5.74) is 4.97. The largest absolute Gasteiger partial charge is 0.507 e. The van der Waals surface area contributed by atoms with Gasteiger partial charge in [-0.05, 0) is 55.7 Å². The van der Waals surface area contributed by atoms with Gasteiger partial charge in [-0.1, -0.05) is 60.9 Å². The molecule has 4 aromatic rings. The predicted molar refractivity (Wildman–Crippen MR) is 144 cm³/mol. The number of hydrogen-bond donors (Lipinski definition) is 3. The molecule has 0 radical (unpaired) electrons. The lowest BCUT2D eigenvalue weighted by Crippen LogP contribution is -2.30. The molecule has 1 aromatic heterocycles. The molecular weight excluding hydrogens is 464 g/mol. The number of carbonyl (C=O) groups is 2. The number of aromatic hydroxyl groups is 1. The molecule has 1 saturated carbocycles. The molecule has 1 aliphatic carbocycles. The highest BCUT2D eigenvalue weighted by Gasteiger charge is 2.26. The first kappa shape index (κ1) is 24.3. The Morgan fingerprint density at radius 1 is 0.973 bits per heavy atom. The summed E-state index contributed by atoms with van der Waals surface area (Å²) in [5.74, 6) is -0.0250. The van der Waals surface area contributed by atoms with Gasteiger partial charge in [0.2, 0.25) is 0 Å². The quantitative estimate of drug-likeness (QED) is 0.296. The normalized spacial score (nSPS) is 13.4. The van der Waals surface area contributed by atoms with Crippen LogP contribution in [0.4, 0.5) is 10.5 Å². The number of rotatable bonds is 6. The highest BCUT2D eigenvalue weighted by Crippen LogP contribution is 2.38. The van der Waals surface area contributed by atoms with Gasteiger partial charge in [0, 0.05) is 35.3 Å². The number of nitrogens with one attached hydrogen (secondary N) is 2. The monoisotopic (exact) mass is 494 g/mol. The molecule has 0 saturated heterocycles. The number of carbonyl (C=O) groups excluding carboxylic acids is 2. The number of hydrogen-bond acceptors (Lipinski definition) is 4. The molecule has 1 aliphatic rings. The second-order valence-electron chi connectivity index (χ2n) is 9.54. The lowest BCUT2D eigenvalue weighted by molar-refractivity contribution is 0.102. The number of phenols is 1. The fourth-order valence-corrected chi connectivity index (χ4v) is 4.78. The van der Waals surface area contributed by atoms with E-state index in [0.29, 0.717) is 29.1 Å². The van der Waals surface area contributed by atoms with E-state index >= 15 is 0 Å². The van der Waals surface area contributed by atoms with Crippen LogP contribution in [-0.2, 0) is 6.54 Å². The molecule has 1 fully saturated rings. The summed E-state index contributed by atoms with van der Waals surface area (Å²) in [6, 6.07) is 23.6. The second-order valence-corrected chi connectivity index (χ2v) is 9.54. The standard InChI is InChI=1S/C30H30N4O3/c1-20-11-13-23(14-12-20)29(36)32-24-15-16-25(28(35)17-24)26-18-27(22-9-5-6-10-22)34(33-26)30(37)31-19-21-7-3-2-4-8-21/h2-4,7-8,11-18,22,35H,5-6,9-10,19H2,1H3,(H,31,37)(H,32,36). The molecular formula is C30H30N4O3. The average molecular weight is 495 g/mol. The molecule has 7 nitrogen and oxygen atoms in total. The molecule has 0 atom stereocenters. The summed E-state index contributed by atoms with van der Waals surface area (Å²) >= 11 is 0. The number of nitrogens with zero attached hydrogens (tertiary/aromatic N) is 2. The molecule has 188 valence electrons. The van der Waals surface area contributed by atoms with Crippen molar-refractivity contribution in [3.05, 3.63) is 101 Å². The van der Waals surface area contributed by atoms with E-state index in [1.807, 2.05) is 55.5 Å².